The van der Waals surface area contributed by atoms with Gasteiger partial charge in [0.2, 0.25) is 0 Å². The lowest BCUT2D eigenvalue weighted by Crippen LogP contribution is -2.17. The maximum atomic E-state index is 12.6. The number of amides is 1. The highest BCUT2D eigenvalue weighted by molar-refractivity contribution is 9.10. The quantitative estimate of drug-likeness (QED) is 0.0909. The first kappa shape index (κ1) is 28.2. The Hall–Kier alpha value is -3.85. The van der Waals surface area contributed by atoms with Gasteiger partial charge in [0.05, 0.1) is 18.9 Å². The highest BCUT2D eigenvalue weighted by Gasteiger charge is 2.12. The average Bonchev–Trinajstić information content (AvgIpc) is 2.94. The summed E-state index contributed by atoms with van der Waals surface area (Å²) in [4.78, 5) is 25.2. The zero-order valence-corrected chi connectivity index (χ0v) is 23.6. The number of hydrogen-bond donors (Lipinski definition) is 1. The lowest BCUT2D eigenvalue weighted by Gasteiger charge is -2.09. The van der Waals surface area contributed by atoms with Gasteiger partial charge in [-0.05, 0) is 78.9 Å². The van der Waals surface area contributed by atoms with Crippen molar-refractivity contribution >= 4 is 57.2 Å². The summed E-state index contributed by atoms with van der Waals surface area (Å²) in [5, 5.41) is 5.09. The Morgan fingerprint density at radius 1 is 0.897 bits per heavy atom. The van der Waals surface area contributed by atoms with Gasteiger partial charge in [-0.2, -0.15) is 5.10 Å². The molecule has 1 N–H and O–H groups in total. The van der Waals surface area contributed by atoms with E-state index in [0.717, 1.165) is 10.0 Å². The number of hydrogen-bond acceptors (Lipinski definition) is 6. The Morgan fingerprint density at radius 2 is 1.59 bits per heavy atom. The molecule has 0 aromatic heterocycles. The van der Waals surface area contributed by atoms with Crippen LogP contribution in [-0.4, -0.2) is 25.2 Å². The van der Waals surface area contributed by atoms with Crippen LogP contribution in [0.1, 0.15) is 31.8 Å². The molecule has 0 atom stereocenters. The Balaban J connectivity index is 1.36. The second-order valence-corrected chi connectivity index (χ2v) is 9.81. The van der Waals surface area contributed by atoms with Gasteiger partial charge in [0.25, 0.3) is 5.91 Å². The van der Waals surface area contributed by atoms with Gasteiger partial charge in [0.1, 0.15) is 23.9 Å². The molecule has 4 aromatic rings. The van der Waals surface area contributed by atoms with Crippen LogP contribution >= 0.6 is 39.1 Å². The van der Waals surface area contributed by atoms with Gasteiger partial charge >= 0.3 is 5.97 Å². The van der Waals surface area contributed by atoms with Crippen molar-refractivity contribution in [3.63, 3.8) is 0 Å². The van der Waals surface area contributed by atoms with Crippen molar-refractivity contribution in [2.45, 2.75) is 6.61 Å². The summed E-state index contributed by atoms with van der Waals surface area (Å²) in [7, 11) is 1.55. The summed E-state index contributed by atoms with van der Waals surface area (Å²) in [6.07, 6.45) is 1.40. The SMILES string of the molecule is COc1ccc(C(=O)Oc2ccc(Br)cc2/C=N/NC(=O)c2ccc(OCc3ccc(Cl)cc3Cl)cc2)cc1. The van der Waals surface area contributed by atoms with Crippen molar-refractivity contribution < 1.29 is 23.8 Å². The van der Waals surface area contributed by atoms with E-state index in [-0.39, 0.29) is 12.4 Å². The smallest absolute Gasteiger partial charge is 0.343 e. The summed E-state index contributed by atoms with van der Waals surface area (Å²) in [5.74, 6) is 0.506. The highest BCUT2D eigenvalue weighted by Crippen LogP contribution is 2.24. The fourth-order valence-electron chi connectivity index (χ4n) is 3.33. The zero-order chi connectivity index (χ0) is 27.8. The van der Waals surface area contributed by atoms with Crippen molar-refractivity contribution in [3.8, 4) is 17.2 Å². The van der Waals surface area contributed by atoms with E-state index in [9.17, 15) is 9.59 Å². The maximum Gasteiger partial charge on any atom is 0.343 e. The van der Waals surface area contributed by atoms with Crippen LogP contribution in [0.3, 0.4) is 0 Å². The molecule has 7 nitrogen and oxygen atoms in total. The molecule has 0 radical (unpaired) electrons. The Kier molecular flexibility index (Phi) is 9.59. The van der Waals surface area contributed by atoms with Crippen LogP contribution in [0.25, 0.3) is 0 Å². The van der Waals surface area contributed by atoms with Crippen molar-refractivity contribution in [1.29, 1.82) is 0 Å². The second kappa shape index (κ2) is 13.3. The molecule has 198 valence electrons. The van der Waals surface area contributed by atoms with Gasteiger partial charge in [-0.1, -0.05) is 45.2 Å². The molecule has 39 heavy (non-hydrogen) atoms. The highest BCUT2D eigenvalue weighted by atomic mass is 79.9. The number of methoxy groups -OCH3 is 1. The van der Waals surface area contributed by atoms with Crippen molar-refractivity contribution in [2.24, 2.45) is 5.10 Å². The molecule has 4 rings (SSSR count). The zero-order valence-electron chi connectivity index (χ0n) is 20.5. The predicted octanol–water partition coefficient (Wildman–Crippen LogP) is 7.33. The predicted molar refractivity (Wildman–Crippen MR) is 154 cm³/mol. The van der Waals surface area contributed by atoms with Crippen LogP contribution in [0.5, 0.6) is 17.2 Å². The molecule has 0 fully saturated rings. The lowest BCUT2D eigenvalue weighted by molar-refractivity contribution is 0.0734. The number of nitrogens with one attached hydrogen (secondary N) is 1. The third kappa shape index (κ3) is 7.83. The second-order valence-electron chi connectivity index (χ2n) is 8.05. The van der Waals surface area contributed by atoms with E-state index in [1.807, 2.05) is 0 Å². The molecule has 0 aliphatic heterocycles. The van der Waals surface area contributed by atoms with E-state index < -0.39 is 11.9 Å². The van der Waals surface area contributed by atoms with E-state index in [1.54, 1.807) is 92.0 Å². The molecule has 0 saturated carbocycles. The van der Waals surface area contributed by atoms with Crippen LogP contribution < -0.4 is 19.6 Å². The van der Waals surface area contributed by atoms with Crippen LogP contribution in [0.4, 0.5) is 0 Å². The monoisotopic (exact) mass is 626 g/mol. The van der Waals surface area contributed by atoms with E-state index >= 15 is 0 Å². The van der Waals surface area contributed by atoms with Gasteiger partial charge < -0.3 is 14.2 Å². The van der Waals surface area contributed by atoms with Crippen molar-refractivity contribution in [3.05, 3.63) is 122 Å². The number of esters is 1. The van der Waals surface area contributed by atoms with Crippen LogP contribution in [0.15, 0.2) is 94.5 Å². The minimum atomic E-state index is -0.542. The Labute approximate surface area is 243 Å². The van der Waals surface area contributed by atoms with E-state index in [1.165, 1.54) is 6.21 Å². The van der Waals surface area contributed by atoms with Gasteiger partial charge in [0.15, 0.2) is 0 Å². The number of benzene rings is 4. The number of ether oxygens (including phenoxy) is 3. The number of carbonyl (C=O) groups excluding carboxylic acids is 2. The molecular formula is C29H21BrCl2N2O5. The Bertz CT molecular complexity index is 1510. The number of rotatable bonds is 9. The summed E-state index contributed by atoms with van der Waals surface area (Å²) < 4.78 is 17.2. The van der Waals surface area contributed by atoms with E-state index in [0.29, 0.717) is 38.2 Å². The lowest BCUT2D eigenvalue weighted by atomic mass is 10.2. The van der Waals surface area contributed by atoms with Crippen LogP contribution in [0, 0.1) is 0 Å². The van der Waals surface area contributed by atoms with Crippen LogP contribution in [-0.2, 0) is 6.61 Å². The molecule has 4 aromatic carbocycles. The minimum absolute atomic E-state index is 0.254. The fourth-order valence-corrected chi connectivity index (χ4v) is 4.17. The first-order chi connectivity index (χ1) is 18.8. The molecule has 10 heteroatoms. The molecule has 0 spiro atoms. The Morgan fingerprint density at radius 3 is 2.28 bits per heavy atom. The molecular weight excluding hydrogens is 607 g/mol. The number of carbonyl (C=O) groups is 2. The molecule has 0 heterocycles. The van der Waals surface area contributed by atoms with Crippen LogP contribution in [0.2, 0.25) is 10.0 Å². The largest absolute Gasteiger partial charge is 0.497 e. The number of halogens is 3. The van der Waals surface area contributed by atoms with Gasteiger partial charge in [-0.15, -0.1) is 0 Å². The normalized spacial score (nSPS) is 10.8. The molecule has 0 unspecified atom stereocenters. The molecule has 0 aliphatic carbocycles. The molecule has 0 bridgehead atoms. The topological polar surface area (TPSA) is 86.2 Å². The third-order valence-corrected chi connectivity index (χ3v) is 6.48. The van der Waals surface area contributed by atoms with Crippen molar-refractivity contribution in [2.75, 3.05) is 7.11 Å². The first-order valence-corrected chi connectivity index (χ1v) is 13.0. The van der Waals surface area contributed by atoms with E-state index in [2.05, 4.69) is 26.5 Å². The standard InChI is InChI=1S/C29H21BrCl2N2O5/c1-37-24-9-5-19(6-10-24)29(36)39-27-13-7-22(30)14-21(27)16-33-34-28(35)18-3-11-25(12-4-18)38-17-20-2-8-23(31)15-26(20)32/h2-16H,17H2,1H3,(H,34,35)/b33-16+. The molecule has 1 amide bonds. The summed E-state index contributed by atoms with van der Waals surface area (Å²) in [6, 6.07) is 23.4. The summed E-state index contributed by atoms with van der Waals surface area (Å²) >= 11 is 15.5. The summed E-state index contributed by atoms with van der Waals surface area (Å²) in [6.45, 7) is 0.254. The molecule has 0 aliphatic rings. The van der Waals surface area contributed by atoms with E-state index in [4.69, 9.17) is 37.4 Å². The molecule has 0 saturated heterocycles. The first-order valence-electron chi connectivity index (χ1n) is 11.5. The minimum Gasteiger partial charge on any atom is -0.497 e. The maximum absolute atomic E-state index is 12.6. The number of hydrazone groups is 1. The summed E-state index contributed by atoms with van der Waals surface area (Å²) in [5.41, 5.74) is 4.48. The third-order valence-electron chi connectivity index (χ3n) is 5.40. The number of nitrogens with zero attached hydrogens (tertiary/aromatic N) is 1. The fraction of sp³-hybridized carbons (Fsp3) is 0.0690. The van der Waals surface area contributed by atoms with Gasteiger partial charge in [-0.3, -0.25) is 4.79 Å². The van der Waals surface area contributed by atoms with Crippen molar-refractivity contribution in [1.82, 2.24) is 5.43 Å². The average molecular weight is 628 g/mol. The van der Waals surface area contributed by atoms with Gasteiger partial charge in [-0.25, -0.2) is 10.2 Å². The van der Waals surface area contributed by atoms with Gasteiger partial charge in [0, 0.05) is 31.2 Å².